The molecule has 0 aromatic heterocycles. The molecule has 2 nitrogen and oxygen atoms in total. The fraction of sp³-hybridized carbons (Fsp3) is 0.364. The first-order chi connectivity index (χ1) is 6.59. The first kappa shape index (κ1) is 11.1. The summed E-state index contributed by atoms with van der Waals surface area (Å²) in [6.07, 6.45) is 0.558. The van der Waals surface area contributed by atoms with E-state index in [-0.39, 0.29) is 5.78 Å². The van der Waals surface area contributed by atoms with E-state index in [9.17, 15) is 4.79 Å². The Morgan fingerprint density at radius 1 is 1.50 bits per heavy atom. The molecule has 0 radical (unpaired) electrons. The second-order valence-corrected chi connectivity index (χ2v) is 3.77. The molecule has 0 unspecified atom stereocenters. The molecule has 0 spiro atoms. The average Bonchev–Trinajstić information content (AvgIpc) is 2.08. The number of hydrogen-bond donors (Lipinski definition) is 1. The Bertz CT molecular complexity index is 336. The Morgan fingerprint density at radius 2 is 2.21 bits per heavy atom. The van der Waals surface area contributed by atoms with Crippen molar-refractivity contribution in [3.05, 3.63) is 28.8 Å². The van der Waals surface area contributed by atoms with E-state index in [0.717, 1.165) is 16.3 Å². The third kappa shape index (κ3) is 3.38. The zero-order chi connectivity index (χ0) is 10.6. The maximum atomic E-state index is 10.7. The lowest BCUT2D eigenvalue weighted by Crippen LogP contribution is -2.06. The highest BCUT2D eigenvalue weighted by Gasteiger charge is 1.98. The number of halogens is 1. The zero-order valence-electron chi connectivity index (χ0n) is 8.43. The molecule has 0 saturated carbocycles. The summed E-state index contributed by atoms with van der Waals surface area (Å²) >= 11 is 5.82. The summed E-state index contributed by atoms with van der Waals surface area (Å²) in [6.45, 7) is 4.26. The summed E-state index contributed by atoms with van der Waals surface area (Å²) in [4.78, 5) is 10.7. The molecule has 1 aromatic carbocycles. The number of Topliss-reactive ketones (excluding diaryl/α,β-unsaturated/α-hetero) is 1. The second-order valence-electron chi connectivity index (χ2n) is 3.34. The molecule has 3 heteroatoms. The fourth-order valence-corrected chi connectivity index (χ4v) is 1.43. The van der Waals surface area contributed by atoms with Crippen molar-refractivity contribution in [2.24, 2.45) is 0 Å². The number of ketones is 1. The van der Waals surface area contributed by atoms with Crippen LogP contribution in [0.15, 0.2) is 18.2 Å². The lowest BCUT2D eigenvalue weighted by molar-refractivity contribution is -0.116. The summed E-state index contributed by atoms with van der Waals surface area (Å²) in [5, 5.41) is 3.93. The van der Waals surface area contributed by atoms with Gasteiger partial charge in [0.05, 0.1) is 0 Å². The van der Waals surface area contributed by atoms with E-state index in [1.54, 1.807) is 6.92 Å². The molecule has 0 aliphatic heterocycles. The van der Waals surface area contributed by atoms with Crippen molar-refractivity contribution >= 4 is 23.1 Å². The molecule has 0 heterocycles. The van der Waals surface area contributed by atoms with Crippen LogP contribution in [0.4, 0.5) is 5.69 Å². The Balaban J connectivity index is 2.55. The Kier molecular flexibility index (Phi) is 3.96. The SMILES string of the molecule is CC(=O)CCNc1ccc(Cl)cc1C. The van der Waals surface area contributed by atoms with Crippen LogP contribution in [0.25, 0.3) is 0 Å². The van der Waals surface area contributed by atoms with Crippen molar-refractivity contribution in [1.82, 2.24) is 0 Å². The highest BCUT2D eigenvalue weighted by molar-refractivity contribution is 6.30. The normalized spacial score (nSPS) is 9.93. The van der Waals surface area contributed by atoms with Crippen LogP contribution in [0.1, 0.15) is 18.9 Å². The van der Waals surface area contributed by atoms with Gasteiger partial charge in [0.25, 0.3) is 0 Å². The minimum atomic E-state index is 0.198. The van der Waals surface area contributed by atoms with E-state index in [2.05, 4.69) is 5.32 Å². The molecular weight excluding hydrogens is 198 g/mol. The maximum Gasteiger partial charge on any atom is 0.131 e. The van der Waals surface area contributed by atoms with Crippen molar-refractivity contribution in [2.45, 2.75) is 20.3 Å². The summed E-state index contributed by atoms with van der Waals surface area (Å²) in [7, 11) is 0. The number of carbonyl (C=O) groups excluding carboxylic acids is 1. The van der Waals surface area contributed by atoms with Gasteiger partial charge in [0, 0.05) is 23.7 Å². The van der Waals surface area contributed by atoms with Gasteiger partial charge >= 0.3 is 0 Å². The molecule has 0 saturated heterocycles. The number of hydrogen-bond acceptors (Lipinski definition) is 2. The maximum absolute atomic E-state index is 10.7. The van der Waals surface area contributed by atoms with Gasteiger partial charge in [0.2, 0.25) is 0 Å². The molecule has 1 rings (SSSR count). The van der Waals surface area contributed by atoms with Gasteiger partial charge in [-0.05, 0) is 37.6 Å². The minimum Gasteiger partial charge on any atom is -0.384 e. The van der Waals surface area contributed by atoms with Gasteiger partial charge < -0.3 is 5.32 Å². The Labute approximate surface area is 89.3 Å². The standard InChI is InChI=1S/C11H14ClNO/c1-8-7-10(12)3-4-11(8)13-6-5-9(2)14/h3-4,7,13H,5-6H2,1-2H3. The van der Waals surface area contributed by atoms with Crippen molar-refractivity contribution in [3.8, 4) is 0 Å². The monoisotopic (exact) mass is 211 g/mol. The number of benzene rings is 1. The van der Waals surface area contributed by atoms with Gasteiger partial charge in [-0.1, -0.05) is 11.6 Å². The van der Waals surface area contributed by atoms with Crippen LogP contribution < -0.4 is 5.32 Å². The van der Waals surface area contributed by atoms with Gasteiger partial charge in [0.1, 0.15) is 5.78 Å². The lowest BCUT2D eigenvalue weighted by Gasteiger charge is -2.08. The minimum absolute atomic E-state index is 0.198. The topological polar surface area (TPSA) is 29.1 Å². The van der Waals surface area contributed by atoms with Gasteiger partial charge in [-0.25, -0.2) is 0 Å². The highest BCUT2D eigenvalue weighted by Crippen LogP contribution is 2.19. The molecule has 0 aliphatic rings. The molecule has 14 heavy (non-hydrogen) atoms. The van der Waals surface area contributed by atoms with E-state index in [1.165, 1.54) is 0 Å². The molecular formula is C11H14ClNO. The van der Waals surface area contributed by atoms with Crippen LogP contribution >= 0.6 is 11.6 Å². The molecule has 0 amide bonds. The summed E-state index contributed by atoms with van der Waals surface area (Å²) in [5.41, 5.74) is 2.14. The van der Waals surface area contributed by atoms with E-state index in [0.29, 0.717) is 13.0 Å². The fourth-order valence-electron chi connectivity index (χ4n) is 1.20. The second kappa shape index (κ2) is 5.01. The van der Waals surface area contributed by atoms with Crippen molar-refractivity contribution < 1.29 is 4.79 Å². The Hall–Kier alpha value is -1.02. The van der Waals surface area contributed by atoms with E-state index >= 15 is 0 Å². The smallest absolute Gasteiger partial charge is 0.131 e. The molecule has 0 fully saturated rings. The quantitative estimate of drug-likeness (QED) is 0.830. The van der Waals surface area contributed by atoms with Crippen molar-refractivity contribution in [1.29, 1.82) is 0 Å². The van der Waals surface area contributed by atoms with Crippen molar-refractivity contribution in [2.75, 3.05) is 11.9 Å². The summed E-state index contributed by atoms with van der Waals surface area (Å²) in [5.74, 6) is 0.198. The zero-order valence-corrected chi connectivity index (χ0v) is 9.19. The van der Waals surface area contributed by atoms with Crippen LogP contribution in [-0.2, 0) is 4.79 Å². The number of carbonyl (C=O) groups is 1. The molecule has 76 valence electrons. The van der Waals surface area contributed by atoms with Crippen LogP contribution in [0, 0.1) is 6.92 Å². The van der Waals surface area contributed by atoms with Crippen LogP contribution in [-0.4, -0.2) is 12.3 Å². The van der Waals surface area contributed by atoms with Gasteiger partial charge in [0.15, 0.2) is 0 Å². The van der Waals surface area contributed by atoms with Crippen LogP contribution in [0.5, 0.6) is 0 Å². The van der Waals surface area contributed by atoms with Gasteiger partial charge in [-0.3, -0.25) is 4.79 Å². The lowest BCUT2D eigenvalue weighted by atomic mass is 10.2. The highest BCUT2D eigenvalue weighted by atomic mass is 35.5. The van der Waals surface area contributed by atoms with E-state index in [1.807, 2.05) is 25.1 Å². The van der Waals surface area contributed by atoms with Crippen molar-refractivity contribution in [3.63, 3.8) is 0 Å². The first-order valence-electron chi connectivity index (χ1n) is 4.59. The number of rotatable bonds is 4. The molecule has 0 atom stereocenters. The molecule has 1 N–H and O–H groups in total. The number of aryl methyl sites for hydroxylation is 1. The van der Waals surface area contributed by atoms with Crippen LogP contribution in [0.2, 0.25) is 5.02 Å². The average molecular weight is 212 g/mol. The number of anilines is 1. The van der Waals surface area contributed by atoms with E-state index < -0.39 is 0 Å². The predicted octanol–water partition coefficient (Wildman–Crippen LogP) is 3.04. The predicted molar refractivity (Wildman–Crippen MR) is 60.0 cm³/mol. The number of nitrogens with one attached hydrogen (secondary N) is 1. The first-order valence-corrected chi connectivity index (χ1v) is 4.97. The third-order valence-corrected chi connectivity index (χ3v) is 2.22. The molecule has 1 aromatic rings. The Morgan fingerprint density at radius 3 is 2.79 bits per heavy atom. The molecule has 0 aliphatic carbocycles. The third-order valence-electron chi connectivity index (χ3n) is 1.98. The molecule has 0 bridgehead atoms. The summed E-state index contributed by atoms with van der Waals surface area (Å²) < 4.78 is 0. The largest absolute Gasteiger partial charge is 0.384 e. The van der Waals surface area contributed by atoms with Gasteiger partial charge in [-0.2, -0.15) is 0 Å². The van der Waals surface area contributed by atoms with E-state index in [4.69, 9.17) is 11.6 Å². The summed E-state index contributed by atoms with van der Waals surface area (Å²) in [6, 6.07) is 5.67. The van der Waals surface area contributed by atoms with Crippen LogP contribution in [0.3, 0.4) is 0 Å². The van der Waals surface area contributed by atoms with Gasteiger partial charge in [-0.15, -0.1) is 0 Å².